The first-order valence-electron chi connectivity index (χ1n) is 7.61. The van der Waals surface area contributed by atoms with Gasteiger partial charge in [0.05, 0.1) is 35.6 Å². The zero-order valence-electron chi connectivity index (χ0n) is 13.1. The van der Waals surface area contributed by atoms with E-state index in [1.807, 2.05) is 37.3 Å². The van der Waals surface area contributed by atoms with Gasteiger partial charge in [0.25, 0.3) is 0 Å². The molecule has 0 aliphatic carbocycles. The van der Waals surface area contributed by atoms with Gasteiger partial charge in [0.15, 0.2) is 11.7 Å². The van der Waals surface area contributed by atoms with Crippen LogP contribution in [0.4, 0.5) is 0 Å². The maximum absolute atomic E-state index is 12.7. The van der Waals surface area contributed by atoms with Gasteiger partial charge in [-0.15, -0.1) is 0 Å². The minimum atomic E-state index is -0.986. The van der Waals surface area contributed by atoms with Crippen LogP contribution in [0.1, 0.15) is 28.9 Å². The molecule has 0 radical (unpaired) electrons. The van der Waals surface area contributed by atoms with Crippen LogP contribution in [-0.2, 0) is 0 Å². The smallest absolute Gasteiger partial charge is 0.186 e. The molecule has 1 atom stereocenters. The van der Waals surface area contributed by atoms with Crippen LogP contribution in [0.25, 0.3) is 11.0 Å². The van der Waals surface area contributed by atoms with Crippen molar-refractivity contribution >= 4 is 16.8 Å². The summed E-state index contributed by atoms with van der Waals surface area (Å²) in [5, 5.41) is 9.46. The lowest BCUT2D eigenvalue weighted by Gasteiger charge is -2.09. The second-order valence-corrected chi connectivity index (χ2v) is 5.17. The van der Waals surface area contributed by atoms with E-state index >= 15 is 0 Å². The Hall–Kier alpha value is -3.26. The van der Waals surface area contributed by atoms with E-state index in [-0.39, 0.29) is 5.78 Å². The highest BCUT2D eigenvalue weighted by molar-refractivity contribution is 6.02. The summed E-state index contributed by atoms with van der Waals surface area (Å²) in [6.45, 7) is 2.45. The summed E-state index contributed by atoms with van der Waals surface area (Å²) in [4.78, 5) is 21.3. The second-order valence-electron chi connectivity index (χ2n) is 5.17. The van der Waals surface area contributed by atoms with Crippen LogP contribution in [0.2, 0.25) is 0 Å². The average molecular weight is 317 g/mol. The van der Waals surface area contributed by atoms with Crippen molar-refractivity contribution in [1.82, 2.24) is 9.97 Å². The number of carbonyl (C=O) groups is 1. The van der Waals surface area contributed by atoms with Crippen molar-refractivity contribution in [1.29, 1.82) is 5.26 Å². The van der Waals surface area contributed by atoms with Crippen molar-refractivity contribution < 1.29 is 9.53 Å². The number of hydrogen-bond donors (Lipinski definition) is 0. The minimum absolute atomic E-state index is 0.301. The Morgan fingerprint density at radius 1 is 1.17 bits per heavy atom. The van der Waals surface area contributed by atoms with Gasteiger partial charge >= 0.3 is 0 Å². The van der Waals surface area contributed by atoms with Gasteiger partial charge in [-0.25, -0.2) is 4.98 Å². The monoisotopic (exact) mass is 317 g/mol. The van der Waals surface area contributed by atoms with Crippen molar-refractivity contribution in [2.45, 2.75) is 12.8 Å². The highest BCUT2D eigenvalue weighted by Crippen LogP contribution is 2.22. The second kappa shape index (κ2) is 6.88. The van der Waals surface area contributed by atoms with Crippen LogP contribution < -0.4 is 4.74 Å². The lowest BCUT2D eigenvalue weighted by atomic mass is 9.96. The molecule has 2 aromatic carbocycles. The molecule has 0 spiro atoms. The Morgan fingerprint density at radius 2 is 1.88 bits per heavy atom. The van der Waals surface area contributed by atoms with Crippen molar-refractivity contribution in [3.05, 3.63) is 66.0 Å². The Morgan fingerprint density at radius 3 is 2.54 bits per heavy atom. The number of carbonyl (C=O) groups excluding carboxylic acids is 1. The number of rotatable bonds is 5. The fourth-order valence-corrected chi connectivity index (χ4v) is 2.42. The molecular formula is C19H15N3O2. The van der Waals surface area contributed by atoms with Crippen LogP contribution in [0, 0.1) is 11.3 Å². The molecule has 0 N–H and O–H groups in total. The molecule has 1 heterocycles. The normalized spacial score (nSPS) is 11.7. The number of nitrogens with zero attached hydrogens (tertiary/aromatic N) is 3. The lowest BCUT2D eigenvalue weighted by Crippen LogP contribution is -2.13. The van der Waals surface area contributed by atoms with Gasteiger partial charge in [-0.2, -0.15) is 5.26 Å². The predicted molar refractivity (Wildman–Crippen MR) is 89.8 cm³/mol. The average Bonchev–Trinajstić information content (AvgIpc) is 2.63. The van der Waals surface area contributed by atoms with Crippen LogP contribution >= 0.6 is 0 Å². The number of benzene rings is 2. The maximum Gasteiger partial charge on any atom is 0.186 e. The number of aromatic nitrogens is 2. The van der Waals surface area contributed by atoms with Gasteiger partial charge in [0.1, 0.15) is 5.75 Å². The molecule has 0 aliphatic heterocycles. The molecule has 118 valence electrons. The largest absolute Gasteiger partial charge is 0.494 e. The van der Waals surface area contributed by atoms with Gasteiger partial charge in [0.2, 0.25) is 0 Å². The van der Waals surface area contributed by atoms with Crippen LogP contribution in [0.15, 0.2) is 54.7 Å². The van der Waals surface area contributed by atoms with Gasteiger partial charge in [-0.3, -0.25) is 9.78 Å². The molecule has 3 aromatic rings. The van der Waals surface area contributed by atoms with Gasteiger partial charge in [-0.05, 0) is 43.3 Å². The summed E-state index contributed by atoms with van der Waals surface area (Å²) in [5.41, 5.74) is 2.19. The molecule has 0 bridgehead atoms. The molecule has 24 heavy (non-hydrogen) atoms. The van der Waals surface area contributed by atoms with E-state index in [0.717, 1.165) is 5.52 Å². The summed E-state index contributed by atoms with van der Waals surface area (Å²) in [7, 11) is 0. The predicted octanol–water partition coefficient (Wildman–Crippen LogP) is 3.52. The topological polar surface area (TPSA) is 75.9 Å². The van der Waals surface area contributed by atoms with E-state index in [2.05, 4.69) is 9.97 Å². The minimum Gasteiger partial charge on any atom is -0.494 e. The molecule has 0 saturated carbocycles. The van der Waals surface area contributed by atoms with Crippen molar-refractivity contribution in [2.75, 3.05) is 6.61 Å². The number of nitriles is 1. The molecular weight excluding hydrogens is 302 g/mol. The Balaban J connectivity index is 1.91. The van der Waals surface area contributed by atoms with Crippen LogP contribution in [0.3, 0.4) is 0 Å². The number of ketones is 1. The third kappa shape index (κ3) is 3.08. The molecule has 1 aromatic heterocycles. The standard InChI is InChI=1S/C19H15N3O2/c1-2-24-14-9-7-13(8-10-14)19(23)15(11-20)18-12-21-16-5-3-4-6-17(16)22-18/h3-10,12,15H,2H2,1H3/t15-/m1/s1. The van der Waals surface area contributed by atoms with Gasteiger partial charge < -0.3 is 4.74 Å². The zero-order valence-corrected chi connectivity index (χ0v) is 13.1. The molecule has 0 aliphatic rings. The van der Waals surface area contributed by atoms with Crippen molar-refractivity contribution in [3.63, 3.8) is 0 Å². The summed E-state index contributed by atoms with van der Waals surface area (Å²) in [6, 6.07) is 16.1. The SMILES string of the molecule is CCOc1ccc(C(=O)[C@H](C#N)c2cnc3ccccc3n2)cc1. The number of ether oxygens (including phenoxy) is 1. The molecule has 3 rings (SSSR count). The van der Waals surface area contributed by atoms with Gasteiger partial charge in [-0.1, -0.05) is 12.1 Å². The summed E-state index contributed by atoms with van der Waals surface area (Å²) < 4.78 is 5.36. The summed E-state index contributed by atoms with van der Waals surface area (Å²) >= 11 is 0. The molecule has 0 saturated heterocycles. The Kier molecular flexibility index (Phi) is 4.48. The van der Waals surface area contributed by atoms with E-state index in [1.54, 1.807) is 24.3 Å². The Bertz CT molecular complexity index is 914. The molecule has 0 fully saturated rings. The highest BCUT2D eigenvalue weighted by atomic mass is 16.5. The number of para-hydroxylation sites is 2. The quantitative estimate of drug-likeness (QED) is 0.673. The fraction of sp³-hybridized carbons (Fsp3) is 0.158. The number of hydrogen-bond acceptors (Lipinski definition) is 5. The first-order valence-corrected chi connectivity index (χ1v) is 7.61. The first-order chi connectivity index (χ1) is 11.7. The van der Waals surface area contributed by atoms with E-state index in [0.29, 0.717) is 29.1 Å². The highest BCUT2D eigenvalue weighted by Gasteiger charge is 2.23. The first kappa shape index (κ1) is 15.6. The van der Waals surface area contributed by atoms with Gasteiger partial charge in [0, 0.05) is 5.56 Å². The third-order valence-corrected chi connectivity index (χ3v) is 3.60. The zero-order chi connectivity index (χ0) is 16.9. The van der Waals surface area contributed by atoms with Crippen molar-refractivity contribution in [2.24, 2.45) is 0 Å². The maximum atomic E-state index is 12.7. The Labute approximate surface area is 139 Å². The van der Waals surface area contributed by atoms with E-state index in [1.165, 1.54) is 6.20 Å². The lowest BCUT2D eigenvalue weighted by molar-refractivity contribution is 0.0977. The van der Waals surface area contributed by atoms with E-state index in [4.69, 9.17) is 4.74 Å². The molecule has 0 unspecified atom stereocenters. The molecule has 5 heteroatoms. The summed E-state index contributed by atoms with van der Waals surface area (Å²) in [5.74, 6) is -0.599. The fourth-order valence-electron chi connectivity index (χ4n) is 2.42. The third-order valence-electron chi connectivity index (χ3n) is 3.60. The van der Waals surface area contributed by atoms with Crippen molar-refractivity contribution in [3.8, 4) is 11.8 Å². The van der Waals surface area contributed by atoms with E-state index < -0.39 is 5.92 Å². The van der Waals surface area contributed by atoms with Crippen LogP contribution in [-0.4, -0.2) is 22.4 Å². The molecule has 5 nitrogen and oxygen atoms in total. The van der Waals surface area contributed by atoms with E-state index in [9.17, 15) is 10.1 Å². The van der Waals surface area contributed by atoms with Crippen LogP contribution in [0.5, 0.6) is 5.75 Å². The number of fused-ring (bicyclic) bond motifs is 1. The summed E-state index contributed by atoms with van der Waals surface area (Å²) in [6.07, 6.45) is 1.49. The number of Topliss-reactive ketones (excluding diaryl/α,β-unsaturated/α-hetero) is 1. The molecule has 0 amide bonds.